The fourth-order valence-electron chi connectivity index (χ4n) is 4.64. The summed E-state index contributed by atoms with van der Waals surface area (Å²) in [5.74, 6) is 0.468. The minimum atomic E-state index is 0.0287. The molecule has 6 heteroatoms. The molecule has 1 fully saturated rings. The Kier molecular flexibility index (Phi) is 5.75. The number of aromatic hydroxyl groups is 1. The maximum absolute atomic E-state index is 10.3. The van der Waals surface area contributed by atoms with E-state index < -0.39 is 0 Å². The SMILES string of the molecule is CC1(C)CC(CC(=N)/C=C\C(=N)c2ccc(-n3cccn3)cc2O)CC(C)(C)N1. The fraction of sp³-hybridized carbons (Fsp3) is 0.435. The third-order valence-corrected chi connectivity index (χ3v) is 5.27. The number of phenolic OH excluding ortho intramolecular Hbond substituents is 1. The van der Waals surface area contributed by atoms with E-state index in [-0.39, 0.29) is 22.5 Å². The largest absolute Gasteiger partial charge is 0.507 e. The highest BCUT2D eigenvalue weighted by Crippen LogP contribution is 2.34. The van der Waals surface area contributed by atoms with Gasteiger partial charge >= 0.3 is 0 Å². The van der Waals surface area contributed by atoms with Gasteiger partial charge in [-0.25, -0.2) is 4.68 Å². The van der Waals surface area contributed by atoms with Crippen molar-refractivity contribution < 1.29 is 5.11 Å². The second kappa shape index (κ2) is 7.95. The number of allylic oxidation sites excluding steroid dienone is 2. The first kappa shape index (κ1) is 21.0. The molecule has 2 heterocycles. The maximum Gasteiger partial charge on any atom is 0.127 e. The normalized spacial score (nSPS) is 18.8. The summed E-state index contributed by atoms with van der Waals surface area (Å²) in [6.07, 6.45) is 9.51. The third-order valence-electron chi connectivity index (χ3n) is 5.27. The summed E-state index contributed by atoms with van der Waals surface area (Å²) in [5, 5.41) is 34.8. The summed E-state index contributed by atoms with van der Waals surface area (Å²) in [7, 11) is 0. The minimum absolute atomic E-state index is 0.0287. The second-order valence-corrected chi connectivity index (χ2v) is 9.30. The third kappa shape index (κ3) is 5.41. The van der Waals surface area contributed by atoms with Gasteiger partial charge in [-0.1, -0.05) is 0 Å². The van der Waals surface area contributed by atoms with Crippen molar-refractivity contribution in [3.8, 4) is 11.4 Å². The molecule has 3 rings (SSSR count). The molecule has 0 unspecified atom stereocenters. The summed E-state index contributed by atoms with van der Waals surface area (Å²) in [4.78, 5) is 0. The summed E-state index contributed by atoms with van der Waals surface area (Å²) < 4.78 is 1.65. The zero-order chi connectivity index (χ0) is 21.2. The Morgan fingerprint density at radius 3 is 2.48 bits per heavy atom. The lowest BCUT2D eigenvalue weighted by Gasteiger charge is -2.46. The smallest absolute Gasteiger partial charge is 0.127 e. The van der Waals surface area contributed by atoms with E-state index >= 15 is 0 Å². The lowest BCUT2D eigenvalue weighted by Crippen LogP contribution is -2.57. The number of piperidine rings is 1. The highest BCUT2D eigenvalue weighted by Gasteiger charge is 2.37. The van der Waals surface area contributed by atoms with Crippen LogP contribution in [0.2, 0.25) is 0 Å². The Morgan fingerprint density at radius 1 is 1.21 bits per heavy atom. The number of hydrogen-bond donors (Lipinski definition) is 4. The van der Waals surface area contributed by atoms with Gasteiger partial charge in [-0.05, 0) is 83.2 Å². The molecule has 0 amide bonds. The van der Waals surface area contributed by atoms with Gasteiger partial charge in [0.1, 0.15) is 5.75 Å². The molecule has 0 radical (unpaired) electrons. The number of hydrogen-bond acceptors (Lipinski definition) is 5. The molecule has 0 bridgehead atoms. The Morgan fingerprint density at radius 2 is 1.90 bits per heavy atom. The first-order chi connectivity index (χ1) is 13.5. The molecule has 4 N–H and O–H groups in total. The van der Waals surface area contributed by atoms with E-state index in [9.17, 15) is 5.11 Å². The molecular formula is C23H31N5O. The van der Waals surface area contributed by atoms with Gasteiger partial charge in [-0.3, -0.25) is 0 Å². The Hall–Kier alpha value is -2.73. The van der Waals surface area contributed by atoms with Gasteiger partial charge in [0.15, 0.2) is 0 Å². The highest BCUT2D eigenvalue weighted by molar-refractivity contribution is 6.11. The van der Waals surface area contributed by atoms with Crippen LogP contribution < -0.4 is 5.32 Å². The lowest BCUT2D eigenvalue weighted by atomic mass is 9.74. The van der Waals surface area contributed by atoms with Crippen LogP contribution in [0.15, 0.2) is 48.8 Å². The minimum Gasteiger partial charge on any atom is -0.507 e. The van der Waals surface area contributed by atoms with Gasteiger partial charge < -0.3 is 21.2 Å². The number of aromatic nitrogens is 2. The number of rotatable bonds is 6. The van der Waals surface area contributed by atoms with Crippen molar-refractivity contribution in [2.45, 2.75) is 58.0 Å². The molecule has 0 spiro atoms. The Bertz CT molecular complexity index is 909. The molecule has 1 aliphatic heterocycles. The van der Waals surface area contributed by atoms with Crippen molar-refractivity contribution in [1.82, 2.24) is 15.1 Å². The van der Waals surface area contributed by atoms with Crippen molar-refractivity contribution >= 4 is 11.4 Å². The standard InChI is InChI=1S/C23H31N5O/c1-22(2)14-16(15-23(3,4)27-22)12-17(24)6-9-20(25)19-8-7-18(13-21(19)29)28-11-5-10-26-28/h5-11,13,16,24-25,27,29H,12,14-15H2,1-4H3/b9-6-,24-17?,25-20?. The lowest BCUT2D eigenvalue weighted by molar-refractivity contribution is 0.132. The first-order valence-corrected chi connectivity index (χ1v) is 10.0. The monoisotopic (exact) mass is 393 g/mol. The van der Waals surface area contributed by atoms with Crippen LogP contribution in [0, 0.1) is 16.7 Å². The van der Waals surface area contributed by atoms with Crippen LogP contribution in [0.4, 0.5) is 0 Å². The van der Waals surface area contributed by atoms with Gasteiger partial charge in [0.05, 0.1) is 11.4 Å². The number of phenols is 1. The van der Waals surface area contributed by atoms with Crippen LogP contribution in [0.25, 0.3) is 5.69 Å². The molecule has 1 aromatic carbocycles. The summed E-state index contributed by atoms with van der Waals surface area (Å²) >= 11 is 0. The van der Waals surface area contributed by atoms with Crippen molar-refractivity contribution in [3.63, 3.8) is 0 Å². The van der Waals surface area contributed by atoms with Crippen LogP contribution in [-0.4, -0.2) is 37.4 Å². The molecule has 0 aliphatic carbocycles. The van der Waals surface area contributed by atoms with Gasteiger partial charge in [-0.15, -0.1) is 0 Å². The molecule has 1 aromatic heterocycles. The molecule has 1 aliphatic rings. The van der Waals surface area contributed by atoms with E-state index in [1.165, 1.54) is 0 Å². The molecule has 1 saturated heterocycles. The van der Waals surface area contributed by atoms with E-state index in [0.717, 1.165) is 18.5 Å². The first-order valence-electron chi connectivity index (χ1n) is 10.0. The van der Waals surface area contributed by atoms with Gasteiger partial charge in [0.25, 0.3) is 0 Å². The van der Waals surface area contributed by atoms with E-state index in [0.29, 0.717) is 23.6 Å². The number of nitrogens with one attached hydrogen (secondary N) is 3. The quantitative estimate of drug-likeness (QED) is 0.545. The van der Waals surface area contributed by atoms with E-state index in [4.69, 9.17) is 10.8 Å². The van der Waals surface area contributed by atoms with Crippen LogP contribution in [0.3, 0.4) is 0 Å². The molecular weight excluding hydrogens is 362 g/mol. The van der Waals surface area contributed by atoms with E-state index in [2.05, 4.69) is 38.1 Å². The van der Waals surface area contributed by atoms with Crippen molar-refractivity contribution in [3.05, 3.63) is 54.4 Å². The molecule has 154 valence electrons. The second-order valence-electron chi connectivity index (χ2n) is 9.30. The number of benzene rings is 1. The Balaban J connectivity index is 1.64. The number of nitrogens with zero attached hydrogens (tertiary/aromatic N) is 2. The molecule has 2 aromatic rings. The van der Waals surface area contributed by atoms with Crippen molar-refractivity contribution in [2.75, 3.05) is 0 Å². The summed E-state index contributed by atoms with van der Waals surface area (Å²) in [6.45, 7) is 8.86. The van der Waals surface area contributed by atoms with Crippen LogP contribution in [0.5, 0.6) is 5.75 Å². The predicted molar refractivity (Wildman–Crippen MR) is 118 cm³/mol. The average molecular weight is 394 g/mol. The predicted octanol–water partition coefficient (Wildman–Crippen LogP) is 4.47. The van der Waals surface area contributed by atoms with Gasteiger partial charge in [0.2, 0.25) is 0 Å². The molecule has 0 atom stereocenters. The Labute approximate surface area is 172 Å². The van der Waals surface area contributed by atoms with Crippen LogP contribution in [-0.2, 0) is 0 Å². The van der Waals surface area contributed by atoms with E-state index in [1.54, 1.807) is 41.4 Å². The molecule has 0 saturated carbocycles. The van der Waals surface area contributed by atoms with Crippen LogP contribution in [0.1, 0.15) is 52.5 Å². The fourth-order valence-corrected chi connectivity index (χ4v) is 4.64. The zero-order valence-electron chi connectivity index (χ0n) is 17.7. The van der Waals surface area contributed by atoms with E-state index in [1.807, 2.05) is 12.1 Å². The molecule has 6 nitrogen and oxygen atoms in total. The highest BCUT2D eigenvalue weighted by atomic mass is 16.3. The van der Waals surface area contributed by atoms with Crippen molar-refractivity contribution in [1.29, 1.82) is 10.8 Å². The average Bonchev–Trinajstić information content (AvgIpc) is 3.11. The zero-order valence-corrected chi connectivity index (χ0v) is 17.7. The van der Waals surface area contributed by atoms with Crippen molar-refractivity contribution in [2.24, 2.45) is 5.92 Å². The van der Waals surface area contributed by atoms with Gasteiger partial charge in [0, 0.05) is 40.8 Å². The summed E-state index contributed by atoms with van der Waals surface area (Å²) in [5.41, 5.74) is 1.99. The van der Waals surface area contributed by atoms with Crippen LogP contribution >= 0.6 is 0 Å². The topological polar surface area (TPSA) is 97.8 Å². The molecule has 29 heavy (non-hydrogen) atoms. The maximum atomic E-state index is 10.3. The summed E-state index contributed by atoms with van der Waals surface area (Å²) in [6, 6.07) is 6.93. The van der Waals surface area contributed by atoms with Gasteiger partial charge in [-0.2, -0.15) is 5.10 Å².